The molecule has 2 atom stereocenters. The largest absolute Gasteiger partial charge is 0.387 e. The maximum absolute atomic E-state index is 13.8. The Bertz CT molecular complexity index is 722. The number of morpholine rings is 1. The van der Waals surface area contributed by atoms with Crippen molar-refractivity contribution in [2.45, 2.75) is 18.6 Å². The Hall–Kier alpha value is -1.83. The highest BCUT2D eigenvalue weighted by Crippen LogP contribution is 2.30. The zero-order valence-corrected chi connectivity index (χ0v) is 13.7. The van der Waals surface area contributed by atoms with Crippen molar-refractivity contribution < 1.29 is 18.6 Å². The Kier molecular flexibility index (Phi) is 4.67. The van der Waals surface area contributed by atoms with E-state index in [1.54, 1.807) is 10.9 Å². The first-order chi connectivity index (χ1) is 11.4. The first-order valence-corrected chi connectivity index (χ1v) is 7.86. The van der Waals surface area contributed by atoms with Gasteiger partial charge in [-0.1, -0.05) is 6.07 Å². The van der Waals surface area contributed by atoms with Gasteiger partial charge in [0.05, 0.1) is 18.9 Å². The van der Waals surface area contributed by atoms with Crippen LogP contribution < -0.4 is 0 Å². The number of rotatable bonds is 4. The number of hydrogen-bond donors (Lipinski definition) is 1. The number of aryl methyl sites for hydroxylation is 1. The molecular weight excluding hydrogens is 316 g/mol. The van der Waals surface area contributed by atoms with Gasteiger partial charge in [0, 0.05) is 50.1 Å². The fraction of sp³-hybridized carbons (Fsp3) is 0.471. The number of halogens is 2. The van der Waals surface area contributed by atoms with Crippen molar-refractivity contribution in [1.29, 1.82) is 0 Å². The zero-order chi connectivity index (χ0) is 17.3. The Labute approximate surface area is 139 Å². The van der Waals surface area contributed by atoms with Crippen LogP contribution in [0.3, 0.4) is 0 Å². The molecule has 1 saturated heterocycles. The molecule has 24 heavy (non-hydrogen) atoms. The minimum atomic E-state index is -1.03. The molecule has 1 N–H and O–H groups in total. The lowest BCUT2D eigenvalue weighted by atomic mass is 9.96. The third-order valence-corrected chi connectivity index (χ3v) is 4.42. The smallest absolute Gasteiger partial charge is 0.131 e. The normalized spacial score (nSPS) is 23.4. The summed E-state index contributed by atoms with van der Waals surface area (Å²) < 4.78 is 34.5. The number of aliphatic hydroxyl groups is 1. The number of ether oxygens (including phenoxy) is 1. The molecule has 5 nitrogen and oxygen atoms in total. The van der Waals surface area contributed by atoms with E-state index in [1.165, 1.54) is 6.07 Å². The van der Waals surface area contributed by atoms with Crippen molar-refractivity contribution in [3.8, 4) is 0 Å². The minimum absolute atomic E-state index is 0.103. The van der Waals surface area contributed by atoms with Gasteiger partial charge in [-0.3, -0.25) is 9.58 Å². The summed E-state index contributed by atoms with van der Waals surface area (Å²) in [7, 11) is 1.84. The molecule has 3 rings (SSSR count). The summed E-state index contributed by atoms with van der Waals surface area (Å²) >= 11 is 0. The van der Waals surface area contributed by atoms with Crippen LogP contribution in [0, 0.1) is 11.6 Å². The van der Waals surface area contributed by atoms with E-state index in [-0.39, 0.29) is 12.1 Å². The highest BCUT2D eigenvalue weighted by molar-refractivity contribution is 5.21. The van der Waals surface area contributed by atoms with E-state index in [4.69, 9.17) is 4.74 Å². The van der Waals surface area contributed by atoms with E-state index in [9.17, 15) is 13.9 Å². The standard InChI is InChI=1S/C17H21F2N3O2/c1-17(12-8-20-21(2)9-12)11-22(5-6-24-17)10-16(23)14-4-3-13(18)7-15(14)19/h3-4,7-9,16,23H,5-6,10-11H2,1-2H3. The van der Waals surface area contributed by atoms with Crippen LogP contribution in [-0.2, 0) is 17.4 Å². The van der Waals surface area contributed by atoms with Gasteiger partial charge in [0.1, 0.15) is 17.2 Å². The molecule has 1 aromatic carbocycles. The summed E-state index contributed by atoms with van der Waals surface area (Å²) in [5.74, 6) is -1.38. The molecule has 2 unspecified atom stereocenters. The monoisotopic (exact) mass is 337 g/mol. The highest BCUT2D eigenvalue weighted by Gasteiger charge is 2.35. The summed E-state index contributed by atoms with van der Waals surface area (Å²) in [5.41, 5.74) is 0.524. The molecule has 130 valence electrons. The van der Waals surface area contributed by atoms with E-state index in [2.05, 4.69) is 5.10 Å². The van der Waals surface area contributed by atoms with Gasteiger partial charge in [-0.05, 0) is 13.0 Å². The van der Waals surface area contributed by atoms with Gasteiger partial charge in [0.15, 0.2) is 0 Å². The molecule has 1 aromatic heterocycles. The van der Waals surface area contributed by atoms with E-state index in [1.807, 2.05) is 25.1 Å². The van der Waals surface area contributed by atoms with Gasteiger partial charge in [-0.15, -0.1) is 0 Å². The fourth-order valence-electron chi connectivity index (χ4n) is 3.09. The Morgan fingerprint density at radius 1 is 1.42 bits per heavy atom. The van der Waals surface area contributed by atoms with Crippen molar-refractivity contribution in [2.75, 3.05) is 26.2 Å². The number of aliphatic hydroxyl groups excluding tert-OH is 1. The molecule has 2 aromatic rings. The topological polar surface area (TPSA) is 50.5 Å². The predicted molar refractivity (Wildman–Crippen MR) is 84.3 cm³/mol. The first-order valence-electron chi connectivity index (χ1n) is 7.86. The molecule has 0 radical (unpaired) electrons. The van der Waals surface area contributed by atoms with Crippen LogP contribution in [0.4, 0.5) is 8.78 Å². The predicted octanol–water partition coefficient (Wildman–Crippen LogP) is 1.98. The molecule has 1 aliphatic rings. The van der Waals surface area contributed by atoms with Crippen molar-refractivity contribution in [3.05, 3.63) is 53.4 Å². The van der Waals surface area contributed by atoms with Crippen LogP contribution in [0.25, 0.3) is 0 Å². The Balaban J connectivity index is 1.71. The second kappa shape index (κ2) is 6.58. The summed E-state index contributed by atoms with van der Waals surface area (Å²) in [6.45, 7) is 3.92. The van der Waals surface area contributed by atoms with E-state index in [0.29, 0.717) is 19.7 Å². The van der Waals surface area contributed by atoms with Crippen LogP contribution in [0.15, 0.2) is 30.6 Å². The lowest BCUT2D eigenvalue weighted by molar-refractivity contribution is -0.109. The molecule has 0 amide bonds. The third-order valence-electron chi connectivity index (χ3n) is 4.42. The summed E-state index contributed by atoms with van der Waals surface area (Å²) in [6, 6.07) is 3.23. The number of β-amino-alcohol motifs (C(OH)–C–C–N with tert-alkyl or cyclic N) is 1. The summed E-state index contributed by atoms with van der Waals surface area (Å²) in [6.07, 6.45) is 2.64. The van der Waals surface area contributed by atoms with Crippen LogP contribution in [-0.4, -0.2) is 46.0 Å². The van der Waals surface area contributed by atoms with Crippen molar-refractivity contribution >= 4 is 0 Å². The minimum Gasteiger partial charge on any atom is -0.387 e. The van der Waals surface area contributed by atoms with Gasteiger partial charge in [0.2, 0.25) is 0 Å². The molecule has 7 heteroatoms. The maximum Gasteiger partial charge on any atom is 0.131 e. The van der Waals surface area contributed by atoms with Crippen LogP contribution >= 0.6 is 0 Å². The van der Waals surface area contributed by atoms with Gasteiger partial charge < -0.3 is 9.84 Å². The molecule has 0 spiro atoms. The Morgan fingerprint density at radius 3 is 2.88 bits per heavy atom. The van der Waals surface area contributed by atoms with Crippen molar-refractivity contribution in [3.63, 3.8) is 0 Å². The Morgan fingerprint density at radius 2 is 2.21 bits per heavy atom. The lowest BCUT2D eigenvalue weighted by Crippen LogP contribution is -2.49. The van der Waals surface area contributed by atoms with E-state index in [0.717, 1.165) is 17.7 Å². The van der Waals surface area contributed by atoms with Crippen LogP contribution in [0.1, 0.15) is 24.2 Å². The fourth-order valence-corrected chi connectivity index (χ4v) is 3.09. The number of nitrogens with zero attached hydrogens (tertiary/aromatic N) is 3. The summed E-state index contributed by atoms with van der Waals surface area (Å²) in [5, 5.41) is 14.5. The van der Waals surface area contributed by atoms with Crippen molar-refractivity contribution in [1.82, 2.24) is 14.7 Å². The quantitative estimate of drug-likeness (QED) is 0.927. The second-order valence-corrected chi connectivity index (χ2v) is 6.40. The van der Waals surface area contributed by atoms with Gasteiger partial charge in [-0.25, -0.2) is 8.78 Å². The molecule has 0 aliphatic carbocycles. The molecule has 0 saturated carbocycles. The number of aromatic nitrogens is 2. The maximum atomic E-state index is 13.8. The highest BCUT2D eigenvalue weighted by atomic mass is 19.1. The third kappa shape index (κ3) is 3.48. The molecular formula is C17H21F2N3O2. The number of hydrogen-bond acceptors (Lipinski definition) is 4. The second-order valence-electron chi connectivity index (χ2n) is 6.40. The van der Waals surface area contributed by atoms with Crippen LogP contribution in [0.5, 0.6) is 0 Å². The molecule has 2 heterocycles. The van der Waals surface area contributed by atoms with Gasteiger partial charge in [-0.2, -0.15) is 5.10 Å². The van der Waals surface area contributed by atoms with Gasteiger partial charge in [0.25, 0.3) is 0 Å². The SMILES string of the molecule is Cn1cc(C2(C)CN(CC(O)c3ccc(F)cc3F)CCO2)cn1. The van der Waals surface area contributed by atoms with Crippen molar-refractivity contribution in [2.24, 2.45) is 7.05 Å². The average Bonchev–Trinajstić information content (AvgIpc) is 2.94. The number of benzene rings is 1. The van der Waals surface area contributed by atoms with E-state index < -0.39 is 23.3 Å². The first kappa shape index (κ1) is 17.0. The lowest BCUT2D eigenvalue weighted by Gasteiger charge is -2.40. The summed E-state index contributed by atoms with van der Waals surface area (Å²) in [4.78, 5) is 2.02. The molecule has 1 fully saturated rings. The molecule has 1 aliphatic heterocycles. The molecule has 0 bridgehead atoms. The average molecular weight is 337 g/mol. The van der Waals surface area contributed by atoms with Crippen LogP contribution in [0.2, 0.25) is 0 Å². The van der Waals surface area contributed by atoms with E-state index >= 15 is 0 Å². The zero-order valence-electron chi connectivity index (χ0n) is 13.7. The van der Waals surface area contributed by atoms with Gasteiger partial charge >= 0.3 is 0 Å².